The molecule has 0 aliphatic heterocycles. The second-order valence-corrected chi connectivity index (χ2v) is 8.00. The number of benzene rings is 2. The topological polar surface area (TPSA) is 132 Å². The van der Waals surface area contributed by atoms with Crippen molar-refractivity contribution in [3.8, 4) is 0 Å². The third-order valence-electron chi connectivity index (χ3n) is 4.07. The zero-order valence-corrected chi connectivity index (χ0v) is 16.6. The van der Waals surface area contributed by atoms with Gasteiger partial charge in [0.05, 0.1) is 17.7 Å². The zero-order valence-electron chi connectivity index (χ0n) is 15.7. The molecule has 0 aliphatic rings. The summed E-state index contributed by atoms with van der Waals surface area (Å²) in [4.78, 5) is 23.2. The summed E-state index contributed by atoms with van der Waals surface area (Å²) >= 11 is 0. The molecule has 3 rings (SSSR count). The van der Waals surface area contributed by atoms with Crippen molar-refractivity contribution in [3.05, 3.63) is 89.9 Å². The first-order valence-electron chi connectivity index (χ1n) is 8.84. The van der Waals surface area contributed by atoms with Gasteiger partial charge >= 0.3 is 0 Å². The molecular formula is C21H19N3O5S. The third kappa shape index (κ3) is 5.66. The van der Waals surface area contributed by atoms with Gasteiger partial charge in [-0.3, -0.25) is 9.59 Å². The van der Waals surface area contributed by atoms with Gasteiger partial charge in [0.15, 0.2) is 0 Å². The number of furan rings is 1. The molecule has 9 heteroatoms. The Morgan fingerprint density at radius 1 is 1.00 bits per heavy atom. The summed E-state index contributed by atoms with van der Waals surface area (Å²) in [5.41, 5.74) is 6.68. The number of sulfonamides is 1. The summed E-state index contributed by atoms with van der Waals surface area (Å²) < 4.78 is 32.2. The van der Waals surface area contributed by atoms with Crippen LogP contribution in [0.25, 0.3) is 6.08 Å². The Labute approximate surface area is 173 Å². The van der Waals surface area contributed by atoms with Crippen LogP contribution in [0.4, 0.5) is 5.69 Å². The normalized spacial score (nSPS) is 11.5. The van der Waals surface area contributed by atoms with Crippen molar-refractivity contribution in [1.29, 1.82) is 0 Å². The lowest BCUT2D eigenvalue weighted by atomic mass is 10.2. The molecule has 3 aromatic rings. The molecule has 0 radical (unpaired) electrons. The molecular weight excluding hydrogens is 406 g/mol. The molecule has 0 unspecified atom stereocenters. The maximum Gasteiger partial charge on any atom is 0.248 e. The predicted octanol–water partition coefficient (Wildman–Crippen LogP) is 2.51. The van der Waals surface area contributed by atoms with Crippen LogP contribution in [0.2, 0.25) is 0 Å². The molecule has 4 N–H and O–H groups in total. The summed E-state index contributed by atoms with van der Waals surface area (Å²) in [7, 11) is -3.68. The van der Waals surface area contributed by atoms with Gasteiger partial charge in [0.2, 0.25) is 21.8 Å². The Hall–Kier alpha value is -3.69. The van der Waals surface area contributed by atoms with Gasteiger partial charge in [-0.2, -0.15) is 0 Å². The maximum absolute atomic E-state index is 12.3. The fourth-order valence-corrected chi connectivity index (χ4v) is 3.49. The first-order valence-corrected chi connectivity index (χ1v) is 10.3. The fraction of sp³-hybridized carbons (Fsp3) is 0.0476. The molecule has 0 saturated heterocycles. The molecule has 0 aliphatic carbocycles. The van der Waals surface area contributed by atoms with Crippen LogP contribution in [0.1, 0.15) is 21.7 Å². The van der Waals surface area contributed by atoms with Crippen molar-refractivity contribution in [2.24, 2.45) is 5.73 Å². The number of nitrogens with one attached hydrogen (secondary N) is 2. The second kappa shape index (κ2) is 9.21. The summed E-state index contributed by atoms with van der Waals surface area (Å²) in [6.07, 6.45) is 4.34. The minimum Gasteiger partial charge on any atom is -0.468 e. The fourth-order valence-electron chi connectivity index (χ4n) is 2.49. The van der Waals surface area contributed by atoms with E-state index in [0.717, 1.165) is 0 Å². The first kappa shape index (κ1) is 21.0. The van der Waals surface area contributed by atoms with Crippen molar-refractivity contribution in [1.82, 2.24) is 4.72 Å². The Bertz CT molecular complexity index is 1150. The standard InChI is InChI=1S/C21H19N3O5S/c22-21(26)16-6-8-17(9-7-16)24-20(25)12-5-15-3-10-19(11-4-15)30(27,28)23-14-18-2-1-13-29-18/h1-13,23H,14H2,(H2,22,26)(H,24,25)/b12-5+. The molecule has 0 bridgehead atoms. The summed E-state index contributed by atoms with van der Waals surface area (Å²) in [6, 6.07) is 15.6. The van der Waals surface area contributed by atoms with Gasteiger partial charge in [-0.05, 0) is 60.2 Å². The average Bonchev–Trinajstić information content (AvgIpc) is 3.25. The van der Waals surface area contributed by atoms with Gasteiger partial charge in [0, 0.05) is 17.3 Å². The molecule has 30 heavy (non-hydrogen) atoms. The van der Waals surface area contributed by atoms with E-state index in [4.69, 9.17) is 10.2 Å². The van der Waals surface area contributed by atoms with Crippen molar-refractivity contribution < 1.29 is 22.4 Å². The van der Waals surface area contributed by atoms with Gasteiger partial charge < -0.3 is 15.5 Å². The molecule has 0 fully saturated rings. The summed E-state index contributed by atoms with van der Waals surface area (Å²) in [5, 5.41) is 2.65. The van der Waals surface area contributed by atoms with Crippen LogP contribution in [0.15, 0.2) is 82.3 Å². The van der Waals surface area contributed by atoms with Crippen molar-refractivity contribution in [3.63, 3.8) is 0 Å². The smallest absolute Gasteiger partial charge is 0.248 e. The maximum atomic E-state index is 12.3. The monoisotopic (exact) mass is 425 g/mol. The highest BCUT2D eigenvalue weighted by Gasteiger charge is 2.14. The zero-order chi connectivity index (χ0) is 21.6. The van der Waals surface area contributed by atoms with Gasteiger partial charge in [-0.15, -0.1) is 0 Å². The highest BCUT2D eigenvalue weighted by Crippen LogP contribution is 2.13. The third-order valence-corrected chi connectivity index (χ3v) is 5.49. The van der Waals surface area contributed by atoms with E-state index < -0.39 is 15.9 Å². The molecule has 1 heterocycles. The van der Waals surface area contributed by atoms with Crippen LogP contribution in [0.5, 0.6) is 0 Å². The van der Waals surface area contributed by atoms with Crippen molar-refractivity contribution in [2.75, 3.05) is 5.32 Å². The Kier molecular flexibility index (Phi) is 6.45. The van der Waals surface area contributed by atoms with Gasteiger partial charge in [0.25, 0.3) is 0 Å². The Morgan fingerprint density at radius 2 is 1.70 bits per heavy atom. The van der Waals surface area contributed by atoms with E-state index in [-0.39, 0.29) is 17.3 Å². The van der Waals surface area contributed by atoms with Gasteiger partial charge in [-0.1, -0.05) is 12.1 Å². The molecule has 1 aromatic heterocycles. The van der Waals surface area contributed by atoms with E-state index >= 15 is 0 Å². The van der Waals surface area contributed by atoms with Crippen LogP contribution >= 0.6 is 0 Å². The van der Waals surface area contributed by atoms with Gasteiger partial charge in [-0.25, -0.2) is 13.1 Å². The molecule has 0 spiro atoms. The quantitative estimate of drug-likeness (QED) is 0.477. The van der Waals surface area contributed by atoms with Gasteiger partial charge in [0.1, 0.15) is 5.76 Å². The molecule has 0 saturated carbocycles. The number of primary amides is 1. The SMILES string of the molecule is NC(=O)c1ccc(NC(=O)/C=C/c2ccc(S(=O)(=O)NCc3ccco3)cc2)cc1. The number of carbonyl (C=O) groups excluding carboxylic acids is 2. The average molecular weight is 425 g/mol. The largest absolute Gasteiger partial charge is 0.468 e. The Morgan fingerprint density at radius 3 is 2.30 bits per heavy atom. The minimum atomic E-state index is -3.68. The van der Waals surface area contributed by atoms with Crippen LogP contribution in [0, 0.1) is 0 Å². The van der Waals surface area contributed by atoms with E-state index in [9.17, 15) is 18.0 Å². The Balaban J connectivity index is 1.58. The minimum absolute atomic E-state index is 0.0532. The van der Waals surface area contributed by atoms with E-state index in [2.05, 4.69) is 10.0 Å². The number of amides is 2. The predicted molar refractivity (Wildman–Crippen MR) is 112 cm³/mol. The van der Waals surface area contributed by atoms with E-state index in [1.54, 1.807) is 42.5 Å². The van der Waals surface area contributed by atoms with E-state index in [1.807, 2.05) is 0 Å². The molecule has 2 aromatic carbocycles. The number of nitrogens with two attached hydrogens (primary N) is 1. The lowest BCUT2D eigenvalue weighted by molar-refractivity contribution is -0.111. The molecule has 154 valence electrons. The number of carbonyl (C=O) groups is 2. The first-order chi connectivity index (χ1) is 14.3. The lowest BCUT2D eigenvalue weighted by Crippen LogP contribution is -2.22. The number of rotatable bonds is 8. The van der Waals surface area contributed by atoms with Crippen LogP contribution in [-0.2, 0) is 21.4 Å². The molecule has 0 atom stereocenters. The van der Waals surface area contributed by atoms with Crippen molar-refractivity contribution in [2.45, 2.75) is 11.4 Å². The highest BCUT2D eigenvalue weighted by molar-refractivity contribution is 7.89. The second-order valence-electron chi connectivity index (χ2n) is 6.24. The number of anilines is 1. The van der Waals surface area contributed by atoms with E-state index in [1.165, 1.54) is 36.6 Å². The number of hydrogen-bond acceptors (Lipinski definition) is 5. The molecule has 8 nitrogen and oxygen atoms in total. The lowest BCUT2D eigenvalue weighted by Gasteiger charge is -2.06. The number of hydrogen-bond donors (Lipinski definition) is 3. The van der Waals surface area contributed by atoms with Crippen LogP contribution in [-0.4, -0.2) is 20.2 Å². The van der Waals surface area contributed by atoms with Crippen molar-refractivity contribution >= 4 is 33.6 Å². The van der Waals surface area contributed by atoms with Crippen LogP contribution < -0.4 is 15.8 Å². The summed E-state index contributed by atoms with van der Waals surface area (Å²) in [5.74, 6) is -0.415. The highest BCUT2D eigenvalue weighted by atomic mass is 32.2. The van der Waals surface area contributed by atoms with Crippen LogP contribution in [0.3, 0.4) is 0 Å². The van der Waals surface area contributed by atoms with E-state index in [0.29, 0.717) is 22.6 Å². The summed E-state index contributed by atoms with van der Waals surface area (Å²) in [6.45, 7) is 0.0532. The molecule has 2 amide bonds.